The minimum absolute atomic E-state index is 0.174. The second-order valence-electron chi connectivity index (χ2n) is 3.58. The van der Waals surface area contributed by atoms with E-state index < -0.39 is 12.1 Å². The molecular weight excluding hydrogens is 232 g/mol. The average molecular weight is 248 g/mol. The molecule has 0 spiro atoms. The van der Waals surface area contributed by atoms with Crippen LogP contribution >= 0.6 is 0 Å². The molecule has 5 heteroatoms. The third kappa shape index (κ3) is 3.14. The molecule has 0 aliphatic heterocycles. The average Bonchev–Trinajstić information content (AvgIpc) is 2.36. The number of nitriles is 1. The maximum Gasteiger partial charge on any atom is 0.345 e. The lowest BCUT2D eigenvalue weighted by molar-refractivity contribution is 0.0398. The molecule has 0 amide bonds. The first kappa shape index (κ1) is 13.8. The standard InChI is InChI=1S/C13H16N2O3/c1-3-9(8-14)18-13(16)12-10(15)6-5-7-11(12)17-4-2/h5-7,9H,3-4,15H2,1-2H3. The molecule has 0 fully saturated rings. The van der Waals surface area contributed by atoms with Gasteiger partial charge in [0.2, 0.25) is 0 Å². The first-order valence-corrected chi connectivity index (χ1v) is 5.75. The number of carbonyl (C=O) groups is 1. The Morgan fingerprint density at radius 2 is 2.22 bits per heavy atom. The van der Waals surface area contributed by atoms with Gasteiger partial charge in [-0.3, -0.25) is 0 Å². The molecule has 0 saturated carbocycles. The zero-order valence-corrected chi connectivity index (χ0v) is 10.5. The minimum atomic E-state index is -0.772. The van der Waals surface area contributed by atoms with Crippen molar-refractivity contribution in [1.29, 1.82) is 5.26 Å². The van der Waals surface area contributed by atoms with Crippen molar-refractivity contribution in [1.82, 2.24) is 0 Å². The van der Waals surface area contributed by atoms with Gasteiger partial charge in [-0.15, -0.1) is 0 Å². The summed E-state index contributed by atoms with van der Waals surface area (Å²) < 4.78 is 10.4. The van der Waals surface area contributed by atoms with Crippen LogP contribution in [0, 0.1) is 11.3 Å². The predicted octanol–water partition coefficient (Wildman–Crippen LogP) is 2.13. The van der Waals surface area contributed by atoms with Crippen molar-refractivity contribution in [2.45, 2.75) is 26.4 Å². The van der Waals surface area contributed by atoms with Gasteiger partial charge in [-0.25, -0.2) is 4.79 Å². The van der Waals surface area contributed by atoms with Crippen molar-refractivity contribution in [2.75, 3.05) is 12.3 Å². The second-order valence-corrected chi connectivity index (χ2v) is 3.58. The lowest BCUT2D eigenvalue weighted by atomic mass is 10.1. The molecule has 1 rings (SSSR count). The summed E-state index contributed by atoms with van der Waals surface area (Å²) in [5, 5.41) is 8.77. The van der Waals surface area contributed by atoms with Crippen molar-refractivity contribution in [3.05, 3.63) is 23.8 Å². The Kier molecular flexibility index (Phi) is 5.00. The van der Waals surface area contributed by atoms with Crippen LogP contribution < -0.4 is 10.5 Å². The van der Waals surface area contributed by atoms with Gasteiger partial charge in [-0.05, 0) is 25.5 Å². The molecule has 0 aromatic heterocycles. The Hall–Kier alpha value is -2.22. The number of anilines is 1. The summed E-state index contributed by atoms with van der Waals surface area (Å²) >= 11 is 0. The SMILES string of the molecule is CCOc1cccc(N)c1C(=O)OC(C#N)CC. The monoisotopic (exact) mass is 248 g/mol. The molecule has 0 aliphatic rings. The first-order valence-electron chi connectivity index (χ1n) is 5.75. The lowest BCUT2D eigenvalue weighted by Gasteiger charge is -2.13. The highest BCUT2D eigenvalue weighted by Gasteiger charge is 2.20. The minimum Gasteiger partial charge on any atom is -0.493 e. The van der Waals surface area contributed by atoms with E-state index in [1.165, 1.54) is 0 Å². The van der Waals surface area contributed by atoms with Crippen LogP contribution in [-0.4, -0.2) is 18.7 Å². The van der Waals surface area contributed by atoms with Gasteiger partial charge in [-0.2, -0.15) is 5.26 Å². The summed E-state index contributed by atoms with van der Waals surface area (Å²) in [6, 6.07) is 6.82. The van der Waals surface area contributed by atoms with E-state index in [2.05, 4.69) is 0 Å². The zero-order chi connectivity index (χ0) is 13.5. The van der Waals surface area contributed by atoms with Crippen LogP contribution in [0.3, 0.4) is 0 Å². The number of nitrogen functional groups attached to an aromatic ring is 1. The fraction of sp³-hybridized carbons (Fsp3) is 0.385. The van der Waals surface area contributed by atoms with E-state index in [0.29, 0.717) is 18.8 Å². The molecule has 1 atom stereocenters. The number of nitrogens with zero attached hydrogens (tertiary/aromatic N) is 1. The largest absolute Gasteiger partial charge is 0.493 e. The maximum absolute atomic E-state index is 12.0. The number of hydrogen-bond acceptors (Lipinski definition) is 5. The lowest BCUT2D eigenvalue weighted by Crippen LogP contribution is -2.17. The number of hydrogen-bond donors (Lipinski definition) is 1. The smallest absolute Gasteiger partial charge is 0.345 e. The molecule has 2 N–H and O–H groups in total. The molecule has 18 heavy (non-hydrogen) atoms. The summed E-state index contributed by atoms with van der Waals surface area (Å²) in [5.74, 6) is -0.264. The topological polar surface area (TPSA) is 85.3 Å². The van der Waals surface area contributed by atoms with Gasteiger partial charge < -0.3 is 15.2 Å². The highest BCUT2D eigenvalue weighted by atomic mass is 16.5. The number of rotatable bonds is 5. The summed E-state index contributed by atoms with van der Waals surface area (Å²) in [6.07, 6.45) is -0.342. The van der Waals surface area contributed by atoms with Gasteiger partial charge in [0.25, 0.3) is 0 Å². The molecule has 0 saturated heterocycles. The Bertz CT molecular complexity index is 466. The Morgan fingerprint density at radius 1 is 1.50 bits per heavy atom. The normalized spacial score (nSPS) is 11.4. The van der Waals surface area contributed by atoms with Crippen LogP contribution in [0.15, 0.2) is 18.2 Å². The van der Waals surface area contributed by atoms with Crippen molar-refractivity contribution < 1.29 is 14.3 Å². The van der Waals surface area contributed by atoms with E-state index >= 15 is 0 Å². The number of esters is 1. The van der Waals surface area contributed by atoms with Crippen LogP contribution in [0.25, 0.3) is 0 Å². The van der Waals surface area contributed by atoms with Gasteiger partial charge >= 0.3 is 5.97 Å². The van der Waals surface area contributed by atoms with Gasteiger partial charge in [0, 0.05) is 5.69 Å². The van der Waals surface area contributed by atoms with E-state index in [0.717, 1.165) is 0 Å². The van der Waals surface area contributed by atoms with E-state index in [1.807, 2.05) is 13.0 Å². The number of carbonyl (C=O) groups excluding carboxylic acids is 1. The number of ether oxygens (including phenoxy) is 2. The van der Waals surface area contributed by atoms with Crippen LogP contribution in [-0.2, 0) is 4.74 Å². The van der Waals surface area contributed by atoms with Gasteiger partial charge in [0.1, 0.15) is 17.4 Å². The van der Waals surface area contributed by atoms with Crippen LogP contribution in [0.2, 0.25) is 0 Å². The van der Waals surface area contributed by atoms with Crippen LogP contribution in [0.5, 0.6) is 5.75 Å². The second kappa shape index (κ2) is 6.50. The number of nitrogens with two attached hydrogens (primary N) is 1. The summed E-state index contributed by atoms with van der Waals surface area (Å²) in [4.78, 5) is 12.0. The van der Waals surface area contributed by atoms with Crippen LogP contribution in [0.4, 0.5) is 5.69 Å². The molecule has 0 bridgehead atoms. The molecular formula is C13H16N2O3. The fourth-order valence-electron chi connectivity index (χ4n) is 1.43. The Balaban J connectivity index is 3.01. The van der Waals surface area contributed by atoms with Crippen LogP contribution in [0.1, 0.15) is 30.6 Å². The van der Waals surface area contributed by atoms with Gasteiger partial charge in [0.15, 0.2) is 6.10 Å². The quantitative estimate of drug-likeness (QED) is 0.637. The van der Waals surface area contributed by atoms with Crippen molar-refractivity contribution in [3.63, 3.8) is 0 Å². The third-order valence-corrected chi connectivity index (χ3v) is 2.33. The molecule has 1 aromatic rings. The molecule has 0 aliphatic carbocycles. The molecule has 0 heterocycles. The summed E-state index contributed by atoms with van der Waals surface area (Å²) in [7, 11) is 0. The van der Waals surface area contributed by atoms with E-state index in [4.69, 9.17) is 20.5 Å². The maximum atomic E-state index is 12.0. The van der Waals surface area contributed by atoms with Crippen molar-refractivity contribution in [3.8, 4) is 11.8 Å². The predicted molar refractivity (Wildman–Crippen MR) is 67.1 cm³/mol. The van der Waals surface area contributed by atoms with E-state index in [1.54, 1.807) is 25.1 Å². The third-order valence-electron chi connectivity index (χ3n) is 2.33. The van der Waals surface area contributed by atoms with Gasteiger partial charge in [0.05, 0.1) is 6.61 Å². The van der Waals surface area contributed by atoms with E-state index in [-0.39, 0.29) is 11.3 Å². The fourth-order valence-corrected chi connectivity index (χ4v) is 1.43. The Morgan fingerprint density at radius 3 is 2.78 bits per heavy atom. The number of benzene rings is 1. The van der Waals surface area contributed by atoms with E-state index in [9.17, 15) is 4.79 Å². The molecule has 1 unspecified atom stereocenters. The Labute approximate surface area is 106 Å². The van der Waals surface area contributed by atoms with Crippen molar-refractivity contribution in [2.24, 2.45) is 0 Å². The van der Waals surface area contributed by atoms with Crippen molar-refractivity contribution >= 4 is 11.7 Å². The summed E-state index contributed by atoms with van der Waals surface area (Å²) in [5.41, 5.74) is 6.20. The molecule has 1 aromatic carbocycles. The first-order chi connectivity index (χ1) is 8.63. The zero-order valence-electron chi connectivity index (χ0n) is 10.5. The summed E-state index contributed by atoms with van der Waals surface area (Å²) in [6.45, 7) is 3.99. The van der Waals surface area contributed by atoms with Gasteiger partial charge in [-0.1, -0.05) is 13.0 Å². The highest BCUT2D eigenvalue weighted by molar-refractivity contribution is 5.98. The molecule has 5 nitrogen and oxygen atoms in total. The highest BCUT2D eigenvalue weighted by Crippen LogP contribution is 2.25. The molecule has 96 valence electrons. The molecule has 0 radical (unpaired) electrons.